The van der Waals surface area contributed by atoms with E-state index in [9.17, 15) is 0 Å². The minimum absolute atomic E-state index is 0.148. The van der Waals surface area contributed by atoms with Gasteiger partial charge in [-0.05, 0) is 24.3 Å². The number of hydrogen-bond donors (Lipinski definition) is 1. The van der Waals surface area contributed by atoms with Gasteiger partial charge in [0.2, 0.25) is 0 Å². The van der Waals surface area contributed by atoms with Crippen molar-refractivity contribution in [1.29, 1.82) is 0 Å². The molecule has 0 radical (unpaired) electrons. The largest absolute Gasteiger partial charge is 0.465 e. The molecule has 0 spiro atoms. The molecule has 0 aromatic carbocycles. The second kappa shape index (κ2) is 3.63. The van der Waals surface area contributed by atoms with Crippen LogP contribution in [0.2, 0.25) is 0 Å². The molecule has 1 aromatic rings. The lowest BCUT2D eigenvalue weighted by Gasteiger charge is -2.32. The summed E-state index contributed by atoms with van der Waals surface area (Å²) < 4.78 is 6.02. The van der Waals surface area contributed by atoms with E-state index in [1.807, 2.05) is 0 Å². The van der Waals surface area contributed by atoms with E-state index in [2.05, 4.69) is 34.6 Å². The van der Waals surface area contributed by atoms with Crippen molar-refractivity contribution in [2.24, 2.45) is 11.1 Å². The average Bonchev–Trinajstić information content (AvgIpc) is 2.40. The molecule has 1 aliphatic rings. The van der Waals surface area contributed by atoms with Crippen LogP contribution in [0.15, 0.2) is 4.42 Å². The highest BCUT2D eigenvalue weighted by atomic mass is 16.3. The maximum atomic E-state index is 6.28. The molecular formula is C14H23NO. The molecule has 0 saturated carbocycles. The fraction of sp³-hybridized carbons (Fsp3) is 0.714. The second-order valence-corrected chi connectivity index (χ2v) is 6.23. The van der Waals surface area contributed by atoms with Crippen molar-refractivity contribution in [3.63, 3.8) is 0 Å². The van der Waals surface area contributed by atoms with Crippen LogP contribution in [0, 0.1) is 12.3 Å². The van der Waals surface area contributed by atoms with E-state index in [1.54, 1.807) is 0 Å². The highest BCUT2D eigenvalue weighted by molar-refractivity contribution is 5.38. The Morgan fingerprint density at radius 2 is 2.00 bits per heavy atom. The van der Waals surface area contributed by atoms with E-state index in [1.165, 1.54) is 11.1 Å². The molecule has 0 fully saturated rings. The Bertz CT molecular complexity index is 401. The Morgan fingerprint density at radius 1 is 1.38 bits per heavy atom. The van der Waals surface area contributed by atoms with E-state index in [0.29, 0.717) is 5.92 Å². The number of hydrogen-bond acceptors (Lipinski definition) is 2. The standard InChI is InChI=1S/C14H23NO/c1-8(2)13-9(3)12-10(15)6-14(4,5)7-11(12)16-13/h8,10H,6-7,15H2,1-5H3/t10-/m1/s1. The SMILES string of the molecule is Cc1c(C(C)C)oc2c1[C@H](N)CC(C)(C)C2. The first-order valence-electron chi connectivity index (χ1n) is 6.19. The van der Waals surface area contributed by atoms with Gasteiger partial charge in [0.05, 0.1) is 0 Å². The smallest absolute Gasteiger partial charge is 0.109 e. The van der Waals surface area contributed by atoms with Gasteiger partial charge in [-0.15, -0.1) is 0 Å². The van der Waals surface area contributed by atoms with Gasteiger partial charge in [-0.3, -0.25) is 0 Å². The van der Waals surface area contributed by atoms with Gasteiger partial charge in [-0.25, -0.2) is 0 Å². The summed E-state index contributed by atoms with van der Waals surface area (Å²) in [6.45, 7) is 11.0. The molecular weight excluding hydrogens is 198 g/mol. The van der Waals surface area contributed by atoms with Gasteiger partial charge in [-0.1, -0.05) is 27.7 Å². The van der Waals surface area contributed by atoms with Crippen molar-refractivity contribution < 1.29 is 4.42 Å². The van der Waals surface area contributed by atoms with Crippen LogP contribution in [-0.4, -0.2) is 0 Å². The van der Waals surface area contributed by atoms with Crippen molar-refractivity contribution in [1.82, 2.24) is 0 Å². The van der Waals surface area contributed by atoms with Gasteiger partial charge < -0.3 is 10.2 Å². The molecule has 0 aliphatic heterocycles. The average molecular weight is 221 g/mol. The topological polar surface area (TPSA) is 39.2 Å². The first-order chi connectivity index (χ1) is 7.32. The molecule has 1 atom stereocenters. The Labute approximate surface area is 98.2 Å². The van der Waals surface area contributed by atoms with Crippen LogP contribution in [-0.2, 0) is 6.42 Å². The molecule has 1 heterocycles. The van der Waals surface area contributed by atoms with E-state index >= 15 is 0 Å². The number of nitrogens with two attached hydrogens (primary N) is 1. The lowest BCUT2D eigenvalue weighted by Crippen LogP contribution is -2.29. The highest BCUT2D eigenvalue weighted by Gasteiger charge is 2.35. The lowest BCUT2D eigenvalue weighted by molar-refractivity contribution is 0.253. The fourth-order valence-corrected chi connectivity index (χ4v) is 2.98. The molecule has 2 rings (SSSR count). The Kier molecular flexibility index (Phi) is 2.66. The predicted molar refractivity (Wildman–Crippen MR) is 66.6 cm³/mol. The molecule has 2 nitrogen and oxygen atoms in total. The number of rotatable bonds is 1. The summed E-state index contributed by atoms with van der Waals surface area (Å²) >= 11 is 0. The maximum absolute atomic E-state index is 6.28. The lowest BCUT2D eigenvalue weighted by atomic mass is 9.74. The van der Waals surface area contributed by atoms with Crippen LogP contribution in [0.4, 0.5) is 0 Å². The number of fused-ring (bicyclic) bond motifs is 1. The molecule has 16 heavy (non-hydrogen) atoms. The molecule has 2 N–H and O–H groups in total. The van der Waals surface area contributed by atoms with Crippen molar-refractivity contribution in [3.05, 3.63) is 22.6 Å². The van der Waals surface area contributed by atoms with E-state index < -0.39 is 0 Å². The fourth-order valence-electron chi connectivity index (χ4n) is 2.98. The predicted octanol–water partition coefficient (Wildman–Crippen LogP) is 3.68. The van der Waals surface area contributed by atoms with Crippen LogP contribution in [0.5, 0.6) is 0 Å². The molecule has 2 heteroatoms. The molecule has 0 saturated heterocycles. The summed E-state index contributed by atoms with van der Waals surface area (Å²) in [6, 6.07) is 0.148. The van der Waals surface area contributed by atoms with Crippen LogP contribution in [0.25, 0.3) is 0 Å². The van der Waals surface area contributed by atoms with Gasteiger partial charge >= 0.3 is 0 Å². The molecule has 1 aliphatic carbocycles. The van der Waals surface area contributed by atoms with Gasteiger partial charge in [0, 0.05) is 23.9 Å². The molecule has 1 aromatic heterocycles. The van der Waals surface area contributed by atoms with Gasteiger partial charge in [0.15, 0.2) is 0 Å². The summed E-state index contributed by atoms with van der Waals surface area (Å²) in [5, 5.41) is 0. The van der Waals surface area contributed by atoms with E-state index in [0.717, 1.165) is 24.4 Å². The zero-order chi connectivity index (χ0) is 12.1. The Morgan fingerprint density at radius 3 is 2.56 bits per heavy atom. The first-order valence-corrected chi connectivity index (χ1v) is 6.19. The summed E-state index contributed by atoms with van der Waals surface area (Å²) in [5.74, 6) is 2.70. The Hall–Kier alpha value is -0.760. The van der Waals surface area contributed by atoms with E-state index in [4.69, 9.17) is 10.2 Å². The third-order valence-corrected chi connectivity index (χ3v) is 3.61. The van der Waals surface area contributed by atoms with E-state index in [-0.39, 0.29) is 11.5 Å². The monoisotopic (exact) mass is 221 g/mol. The highest BCUT2D eigenvalue weighted by Crippen LogP contribution is 2.44. The minimum atomic E-state index is 0.148. The van der Waals surface area contributed by atoms with Crippen molar-refractivity contribution >= 4 is 0 Å². The van der Waals surface area contributed by atoms with Crippen LogP contribution in [0.3, 0.4) is 0 Å². The summed E-state index contributed by atoms with van der Waals surface area (Å²) in [5.41, 5.74) is 9.11. The normalized spacial score (nSPS) is 23.6. The van der Waals surface area contributed by atoms with Crippen LogP contribution >= 0.6 is 0 Å². The van der Waals surface area contributed by atoms with Crippen molar-refractivity contribution in [2.75, 3.05) is 0 Å². The van der Waals surface area contributed by atoms with Crippen molar-refractivity contribution in [3.8, 4) is 0 Å². The maximum Gasteiger partial charge on any atom is 0.109 e. The summed E-state index contributed by atoms with van der Waals surface area (Å²) in [6.07, 6.45) is 2.07. The summed E-state index contributed by atoms with van der Waals surface area (Å²) in [4.78, 5) is 0. The first kappa shape index (κ1) is 11.7. The van der Waals surface area contributed by atoms with Crippen LogP contribution < -0.4 is 5.73 Å². The third-order valence-electron chi connectivity index (χ3n) is 3.61. The van der Waals surface area contributed by atoms with Gasteiger partial charge in [-0.2, -0.15) is 0 Å². The summed E-state index contributed by atoms with van der Waals surface area (Å²) in [7, 11) is 0. The quantitative estimate of drug-likeness (QED) is 0.785. The zero-order valence-electron chi connectivity index (χ0n) is 11.1. The second-order valence-electron chi connectivity index (χ2n) is 6.23. The molecule has 0 bridgehead atoms. The van der Waals surface area contributed by atoms with Gasteiger partial charge in [0.1, 0.15) is 11.5 Å². The minimum Gasteiger partial charge on any atom is -0.465 e. The van der Waals surface area contributed by atoms with Gasteiger partial charge in [0.25, 0.3) is 0 Å². The van der Waals surface area contributed by atoms with Crippen LogP contribution in [0.1, 0.15) is 68.7 Å². The van der Waals surface area contributed by atoms with Crippen molar-refractivity contribution in [2.45, 2.75) is 59.4 Å². The molecule has 0 amide bonds. The third kappa shape index (κ3) is 1.80. The Balaban J connectivity index is 2.49. The zero-order valence-corrected chi connectivity index (χ0v) is 11.1. The number of furan rings is 1. The molecule has 90 valence electrons. The molecule has 0 unspecified atom stereocenters.